The van der Waals surface area contributed by atoms with E-state index in [2.05, 4.69) is 16.1 Å². The number of hydrogen-bond donors (Lipinski definition) is 1. The molecule has 1 aliphatic carbocycles. The molecular formula is C16H18F3NO2. The Balaban J connectivity index is 1.87. The molecule has 0 aromatic heterocycles. The van der Waals surface area contributed by atoms with Gasteiger partial charge in [-0.2, -0.15) is 0 Å². The van der Waals surface area contributed by atoms with Crippen molar-refractivity contribution in [1.82, 2.24) is 5.32 Å². The monoisotopic (exact) mass is 313 g/mol. The average molecular weight is 313 g/mol. The van der Waals surface area contributed by atoms with E-state index in [4.69, 9.17) is 0 Å². The lowest BCUT2D eigenvalue weighted by Gasteiger charge is -2.16. The molecule has 0 saturated heterocycles. The third-order valence-corrected chi connectivity index (χ3v) is 3.55. The van der Waals surface area contributed by atoms with E-state index in [0.29, 0.717) is 6.42 Å². The number of ether oxygens (including phenoxy) is 1. The lowest BCUT2D eigenvalue weighted by Crippen LogP contribution is -2.27. The molecular weight excluding hydrogens is 295 g/mol. The second kappa shape index (κ2) is 6.85. The molecule has 0 heterocycles. The number of alkyl halides is 3. The second-order valence-corrected chi connectivity index (χ2v) is 5.38. The second-order valence-electron chi connectivity index (χ2n) is 5.38. The van der Waals surface area contributed by atoms with E-state index >= 15 is 0 Å². The Kier molecular flexibility index (Phi) is 5.11. The Morgan fingerprint density at radius 3 is 2.59 bits per heavy atom. The van der Waals surface area contributed by atoms with Crippen molar-refractivity contribution in [3.63, 3.8) is 0 Å². The van der Waals surface area contributed by atoms with Crippen molar-refractivity contribution in [2.45, 2.75) is 38.6 Å². The first kappa shape index (κ1) is 16.4. The van der Waals surface area contributed by atoms with Gasteiger partial charge in [0.25, 0.3) is 0 Å². The summed E-state index contributed by atoms with van der Waals surface area (Å²) in [6, 6.07) is 5.25. The third-order valence-electron chi connectivity index (χ3n) is 3.55. The van der Waals surface area contributed by atoms with Crippen LogP contribution >= 0.6 is 0 Å². The van der Waals surface area contributed by atoms with Gasteiger partial charge >= 0.3 is 6.36 Å². The molecule has 3 nitrogen and oxygen atoms in total. The minimum atomic E-state index is -4.70. The van der Waals surface area contributed by atoms with Crippen LogP contribution in [0.1, 0.15) is 37.8 Å². The van der Waals surface area contributed by atoms with Crippen LogP contribution in [-0.2, 0) is 4.79 Å². The smallest absolute Gasteiger partial charge is 0.406 e. The summed E-state index contributed by atoms with van der Waals surface area (Å²) in [6.45, 7) is 1.79. The Hall–Kier alpha value is -1.98. The Labute approximate surface area is 127 Å². The summed E-state index contributed by atoms with van der Waals surface area (Å²) >= 11 is 0. The van der Waals surface area contributed by atoms with Gasteiger partial charge in [-0.25, -0.2) is 0 Å². The highest BCUT2D eigenvalue weighted by atomic mass is 19.4. The first-order valence-electron chi connectivity index (χ1n) is 7.15. The lowest BCUT2D eigenvalue weighted by atomic mass is 10.0. The minimum Gasteiger partial charge on any atom is -0.406 e. The van der Waals surface area contributed by atoms with Crippen LogP contribution in [0.2, 0.25) is 0 Å². The predicted octanol–water partition coefficient (Wildman–Crippen LogP) is 4.12. The average Bonchev–Trinajstić information content (AvgIpc) is 2.90. The van der Waals surface area contributed by atoms with E-state index in [1.807, 2.05) is 6.08 Å². The minimum absolute atomic E-state index is 0.0559. The fourth-order valence-corrected chi connectivity index (χ4v) is 2.45. The first-order valence-corrected chi connectivity index (χ1v) is 7.15. The van der Waals surface area contributed by atoms with Gasteiger partial charge in [-0.1, -0.05) is 24.3 Å². The highest BCUT2D eigenvalue weighted by Gasteiger charge is 2.31. The number of hydrogen-bond acceptors (Lipinski definition) is 2. The van der Waals surface area contributed by atoms with Crippen molar-refractivity contribution in [2.75, 3.05) is 0 Å². The van der Waals surface area contributed by atoms with Crippen molar-refractivity contribution in [3.05, 3.63) is 42.0 Å². The summed E-state index contributed by atoms with van der Waals surface area (Å²) in [4.78, 5) is 11.9. The molecule has 1 aromatic carbocycles. The molecule has 0 bridgehead atoms. The number of amides is 1. The largest absolute Gasteiger partial charge is 0.573 e. The van der Waals surface area contributed by atoms with Gasteiger partial charge in [0.15, 0.2) is 0 Å². The maximum Gasteiger partial charge on any atom is 0.573 e. The number of allylic oxidation sites excluding steroid dienone is 2. The van der Waals surface area contributed by atoms with Gasteiger partial charge in [-0.3, -0.25) is 4.79 Å². The predicted molar refractivity (Wildman–Crippen MR) is 76.2 cm³/mol. The number of carbonyl (C=O) groups excluding carboxylic acids is 1. The molecule has 0 saturated carbocycles. The Morgan fingerprint density at radius 1 is 1.36 bits per heavy atom. The summed E-state index contributed by atoms with van der Waals surface area (Å²) < 4.78 is 40.1. The van der Waals surface area contributed by atoms with Crippen LogP contribution in [0, 0.1) is 5.92 Å². The molecule has 1 amide bonds. The van der Waals surface area contributed by atoms with Gasteiger partial charge in [0.05, 0.1) is 6.04 Å². The Morgan fingerprint density at radius 2 is 2.05 bits per heavy atom. The fraction of sp³-hybridized carbons (Fsp3) is 0.438. The highest BCUT2D eigenvalue weighted by molar-refractivity contribution is 5.77. The molecule has 2 atom stereocenters. The normalized spacial score (nSPS) is 19.0. The summed E-state index contributed by atoms with van der Waals surface area (Å²) in [7, 11) is 0. The number of nitrogens with one attached hydrogen (secondary N) is 1. The molecule has 0 spiro atoms. The summed E-state index contributed by atoms with van der Waals surface area (Å²) in [5, 5.41) is 2.85. The van der Waals surface area contributed by atoms with Gasteiger partial charge < -0.3 is 10.1 Å². The highest BCUT2D eigenvalue weighted by Crippen LogP contribution is 2.25. The molecule has 0 fully saturated rings. The molecule has 120 valence electrons. The zero-order valence-corrected chi connectivity index (χ0v) is 12.2. The van der Waals surface area contributed by atoms with Gasteiger partial charge in [-0.15, -0.1) is 13.2 Å². The maximum atomic E-state index is 12.1. The summed E-state index contributed by atoms with van der Waals surface area (Å²) in [6.07, 6.45) is 1.86. The molecule has 0 radical (unpaired) electrons. The van der Waals surface area contributed by atoms with Crippen LogP contribution in [0.25, 0.3) is 0 Å². The number of carbonyl (C=O) groups is 1. The van der Waals surface area contributed by atoms with Gasteiger partial charge in [-0.05, 0) is 43.4 Å². The zero-order chi connectivity index (χ0) is 16.2. The van der Waals surface area contributed by atoms with Crippen LogP contribution in [0.3, 0.4) is 0 Å². The van der Waals surface area contributed by atoms with Crippen LogP contribution in [-0.4, -0.2) is 12.3 Å². The van der Waals surface area contributed by atoms with E-state index in [1.54, 1.807) is 6.92 Å². The van der Waals surface area contributed by atoms with E-state index in [1.165, 1.54) is 24.3 Å². The van der Waals surface area contributed by atoms with Crippen molar-refractivity contribution < 1.29 is 22.7 Å². The van der Waals surface area contributed by atoms with E-state index in [-0.39, 0.29) is 23.6 Å². The maximum absolute atomic E-state index is 12.1. The van der Waals surface area contributed by atoms with Crippen LogP contribution in [0.15, 0.2) is 36.4 Å². The number of benzene rings is 1. The molecule has 2 unspecified atom stereocenters. The molecule has 1 aromatic rings. The quantitative estimate of drug-likeness (QED) is 0.831. The van der Waals surface area contributed by atoms with E-state index in [9.17, 15) is 18.0 Å². The topological polar surface area (TPSA) is 38.3 Å². The van der Waals surface area contributed by atoms with E-state index < -0.39 is 6.36 Å². The van der Waals surface area contributed by atoms with Crippen molar-refractivity contribution in [3.8, 4) is 5.75 Å². The molecule has 2 rings (SSSR count). The fourth-order valence-electron chi connectivity index (χ4n) is 2.45. The van der Waals surface area contributed by atoms with Crippen LogP contribution in [0.4, 0.5) is 13.2 Å². The number of halogens is 3. The van der Waals surface area contributed by atoms with E-state index in [0.717, 1.165) is 18.4 Å². The van der Waals surface area contributed by atoms with Crippen LogP contribution < -0.4 is 10.1 Å². The summed E-state index contributed by atoms with van der Waals surface area (Å²) in [5.74, 6) is -0.0414. The standard InChI is InChI=1S/C16H18F3NO2/c1-11(20-15(21)10-12-4-2-3-5-12)13-6-8-14(9-7-13)22-16(17,18)19/h2,4,6-9,11-12H,3,5,10H2,1H3,(H,20,21). The molecule has 22 heavy (non-hydrogen) atoms. The van der Waals surface area contributed by atoms with Crippen molar-refractivity contribution >= 4 is 5.91 Å². The Bertz CT molecular complexity index is 537. The molecule has 1 aliphatic rings. The van der Waals surface area contributed by atoms with Crippen LogP contribution in [0.5, 0.6) is 5.75 Å². The molecule has 0 aliphatic heterocycles. The van der Waals surface area contributed by atoms with Gasteiger partial charge in [0, 0.05) is 6.42 Å². The first-order chi connectivity index (χ1) is 10.3. The van der Waals surface area contributed by atoms with Crippen molar-refractivity contribution in [2.24, 2.45) is 5.92 Å². The summed E-state index contributed by atoms with van der Waals surface area (Å²) in [5.41, 5.74) is 0.727. The molecule has 6 heteroatoms. The van der Waals surface area contributed by atoms with Crippen molar-refractivity contribution in [1.29, 1.82) is 0 Å². The van der Waals surface area contributed by atoms with Gasteiger partial charge in [0.2, 0.25) is 5.91 Å². The number of rotatable bonds is 5. The van der Waals surface area contributed by atoms with Gasteiger partial charge in [0.1, 0.15) is 5.75 Å². The third kappa shape index (κ3) is 5.09. The zero-order valence-electron chi connectivity index (χ0n) is 12.2. The lowest BCUT2D eigenvalue weighted by molar-refractivity contribution is -0.274. The SMILES string of the molecule is CC(NC(=O)CC1C=CCC1)c1ccc(OC(F)(F)F)cc1. The molecule has 1 N–H and O–H groups in total.